The Kier molecular flexibility index (Phi) is 19.7. The van der Waals surface area contributed by atoms with E-state index < -0.39 is 0 Å². The molecule has 3 aromatic rings. The van der Waals surface area contributed by atoms with Gasteiger partial charge in [-0.2, -0.15) is 5.53 Å². The fourth-order valence-corrected chi connectivity index (χ4v) is 6.69. The molecule has 1 spiro atoms. The van der Waals surface area contributed by atoms with Crippen molar-refractivity contribution >= 4 is 17.3 Å². The number of rotatable bonds is 5. The van der Waals surface area contributed by atoms with Crippen LogP contribution in [0, 0.1) is 171 Å². The highest BCUT2D eigenvalue weighted by Crippen LogP contribution is 2.51. The van der Waals surface area contributed by atoms with Gasteiger partial charge in [0.25, 0.3) is 0 Å². The number of hydrogen-bond acceptors (Lipinski definition) is 8. The molecule has 328 valence electrons. The van der Waals surface area contributed by atoms with Gasteiger partial charge in [-0.15, -0.1) is 17.8 Å². The van der Waals surface area contributed by atoms with Crippen molar-refractivity contribution in [3.05, 3.63) is 82.0 Å². The molecular weight excluding hydrogens is 797 g/mol. The van der Waals surface area contributed by atoms with E-state index in [1.165, 1.54) is 22.4 Å². The number of aliphatic hydroxyl groups excluding tert-OH is 1. The molecule has 0 bridgehead atoms. The first-order valence-electron chi connectivity index (χ1n) is 18.9. The maximum Gasteiger partial charge on any atom is 0.152 e. The average Bonchev–Trinajstić information content (AvgIpc) is 3.88. The largest absolute Gasteiger partial charge is 0.390 e. The van der Waals surface area contributed by atoms with Gasteiger partial charge >= 0.3 is 0 Å². The van der Waals surface area contributed by atoms with Crippen LogP contribution in [0.4, 0.5) is 17.3 Å². The maximum absolute atomic E-state index is 10.1. The summed E-state index contributed by atoms with van der Waals surface area (Å²) in [6, 6.07) is 17.1. The lowest BCUT2D eigenvalue weighted by Gasteiger charge is -2.43. The number of para-hydroxylation sites is 1. The van der Waals surface area contributed by atoms with Gasteiger partial charge in [-0.25, -0.2) is 9.97 Å². The second-order valence-electron chi connectivity index (χ2n) is 12.8. The van der Waals surface area contributed by atoms with Crippen LogP contribution in [-0.4, -0.2) is 34.7 Å². The second-order valence-corrected chi connectivity index (χ2v) is 12.8. The van der Waals surface area contributed by atoms with Crippen molar-refractivity contribution in [3.63, 3.8) is 0 Å². The number of nitrogens with two attached hydrogens (primary N) is 1. The first-order valence-corrected chi connectivity index (χ1v) is 18.9. The highest BCUT2D eigenvalue weighted by Gasteiger charge is 2.46. The first-order chi connectivity index (χ1) is 31.5. The minimum absolute atomic E-state index is 0. The fraction of sp³-hybridized carbons (Fsp3) is 0.192. The number of aromatic nitrogens is 2. The quantitative estimate of drug-likeness (QED) is 0.101. The summed E-state index contributed by atoms with van der Waals surface area (Å²) in [7, 11) is 0. The topological polar surface area (TPSA) is 169 Å². The third kappa shape index (κ3) is 14.4. The predicted octanol–water partition coefficient (Wildman–Crippen LogP) is 8.06. The lowest BCUT2D eigenvalue weighted by atomic mass is 9.73. The molecule has 1 saturated heterocycles. The van der Waals surface area contributed by atoms with Crippen LogP contribution < -0.4 is 15.5 Å². The SMILES string of the molecule is C#CC#CC#CC#CC#CC#CC#CC#CC#CC#CC#CC#CC#C.N=N/N=N/N=O.N[C@@H]1c2ccccc2CC12CCN(c1ncc(N3CCc4ccccc43)nc1CO)CC2.[HH].[HH].[HH].[HH].[HH].[HH].[HH].[HH].[HH].[HH].[HH].[HH].[HH]. The number of hydrogen-bond donors (Lipinski definition) is 3. The van der Waals surface area contributed by atoms with Crippen LogP contribution in [0.5, 0.6) is 0 Å². The maximum atomic E-state index is 10.1. The number of piperidine rings is 1. The Bertz CT molecular complexity index is 3040. The molecule has 6 rings (SSSR count). The van der Waals surface area contributed by atoms with Gasteiger partial charge in [0.1, 0.15) is 11.0 Å². The minimum atomic E-state index is -0.113. The van der Waals surface area contributed by atoms with E-state index in [2.05, 4.69) is 216 Å². The summed E-state index contributed by atoms with van der Waals surface area (Å²) < 4.78 is 0. The van der Waals surface area contributed by atoms with E-state index in [1.807, 2.05) is 11.5 Å². The molecule has 12 heteroatoms. The van der Waals surface area contributed by atoms with Gasteiger partial charge in [0.2, 0.25) is 0 Å². The molecule has 2 aromatic carbocycles. The summed E-state index contributed by atoms with van der Waals surface area (Å²) in [6.45, 7) is 2.55. The van der Waals surface area contributed by atoms with Gasteiger partial charge in [-0.3, -0.25) is 0 Å². The van der Waals surface area contributed by atoms with Gasteiger partial charge in [-0.1, -0.05) is 42.5 Å². The van der Waals surface area contributed by atoms with E-state index >= 15 is 0 Å². The highest BCUT2D eigenvalue weighted by molar-refractivity contribution is 5.68. The average molecular weight is 855 g/mol. The Labute approximate surface area is 392 Å². The first kappa shape index (κ1) is 46.8. The molecule has 1 atom stereocenters. The van der Waals surface area contributed by atoms with Gasteiger partial charge < -0.3 is 20.6 Å². The van der Waals surface area contributed by atoms with E-state index in [1.54, 1.807) is 0 Å². The molecule has 0 unspecified atom stereocenters. The van der Waals surface area contributed by atoms with Gasteiger partial charge in [0.05, 0.1) is 12.8 Å². The Morgan fingerprint density at radius 1 is 0.719 bits per heavy atom. The summed E-state index contributed by atoms with van der Waals surface area (Å²) in [5.74, 6) is 59.8. The lowest BCUT2D eigenvalue weighted by molar-refractivity contribution is 0.186. The summed E-state index contributed by atoms with van der Waals surface area (Å²) >= 11 is 0. The van der Waals surface area contributed by atoms with Crippen LogP contribution >= 0.6 is 0 Å². The van der Waals surface area contributed by atoms with Crippen LogP contribution in [-0.2, 0) is 19.4 Å². The molecule has 1 aromatic heterocycles. The van der Waals surface area contributed by atoms with Crippen LogP contribution in [0.15, 0.2) is 75.7 Å². The monoisotopic (exact) mass is 854 g/mol. The molecule has 64 heavy (non-hydrogen) atoms. The molecule has 2 aliphatic heterocycles. The molecule has 0 saturated carbocycles. The highest BCUT2D eigenvalue weighted by atomic mass is 16.3. The predicted molar refractivity (Wildman–Crippen MR) is 273 cm³/mol. The van der Waals surface area contributed by atoms with Crippen LogP contribution in [0.2, 0.25) is 0 Å². The number of nitrogens with zero attached hydrogens (tertiary/aromatic N) is 8. The Morgan fingerprint density at radius 2 is 1.20 bits per heavy atom. The third-order valence-electron chi connectivity index (χ3n) is 9.35. The molecule has 12 nitrogen and oxygen atoms in total. The number of terminal acetylenes is 2. The number of anilines is 3. The number of aliphatic hydroxyl groups is 1. The fourth-order valence-electron chi connectivity index (χ4n) is 6.69. The van der Waals surface area contributed by atoms with Gasteiger partial charge in [0, 0.05) is 102 Å². The van der Waals surface area contributed by atoms with Crippen molar-refractivity contribution in [2.24, 2.45) is 32.1 Å². The lowest BCUT2D eigenvalue weighted by Crippen LogP contribution is -2.45. The number of benzene rings is 2. The molecular formula is C52H58N10O2. The van der Waals surface area contributed by atoms with Crippen LogP contribution in [0.3, 0.4) is 0 Å². The van der Waals surface area contributed by atoms with E-state index in [9.17, 15) is 5.11 Å². The Hall–Kier alpha value is -9.88. The molecule has 4 N–H and O–H groups in total. The molecule has 3 aliphatic rings. The molecule has 3 heterocycles. The zero-order chi connectivity index (χ0) is 45.5. The molecule has 1 fully saturated rings. The molecule has 0 radical (unpaired) electrons. The van der Waals surface area contributed by atoms with Gasteiger partial charge in [-0.05, 0) is 159 Å². The van der Waals surface area contributed by atoms with Crippen LogP contribution in [0.1, 0.15) is 59.8 Å². The summed E-state index contributed by atoms with van der Waals surface area (Å²) in [6.07, 6.45) is 15.8. The summed E-state index contributed by atoms with van der Waals surface area (Å²) in [4.78, 5) is 23.0. The smallest absolute Gasteiger partial charge is 0.152 e. The zero-order valence-electron chi connectivity index (χ0n) is 34.1. The third-order valence-corrected chi connectivity index (χ3v) is 9.35. The van der Waals surface area contributed by atoms with E-state index in [0.717, 1.165) is 57.0 Å². The Balaban J connectivity index is -0.000000116. The molecule has 0 amide bonds. The summed E-state index contributed by atoms with van der Waals surface area (Å²) in [5, 5.41) is 19.3. The number of nitroso groups, excluding NO2 is 1. The minimum Gasteiger partial charge on any atom is -0.390 e. The van der Waals surface area contributed by atoms with E-state index in [4.69, 9.17) is 39.0 Å². The van der Waals surface area contributed by atoms with Crippen molar-refractivity contribution in [2.75, 3.05) is 29.4 Å². The van der Waals surface area contributed by atoms with Crippen molar-refractivity contribution in [1.82, 2.24) is 9.97 Å². The van der Waals surface area contributed by atoms with Gasteiger partial charge in [0.15, 0.2) is 11.6 Å². The van der Waals surface area contributed by atoms with Crippen molar-refractivity contribution in [3.8, 4) is 155 Å². The second kappa shape index (κ2) is 27.0. The van der Waals surface area contributed by atoms with E-state index in [-0.39, 0.29) is 36.6 Å². The number of fused-ring (bicyclic) bond motifs is 2. The standard InChI is InChI=1S/C26H29N5O.C26H2.HN5O.13H2/c27-24-20-7-3-1-6-19(20)15-26(24)10-13-30(14-11-26)25-21(17-32)29-23(16-28-25)31-12-9-18-5-2-4-8-22(18)31;1-3-5-7-9-11-13-15-17-19-21-23-25-26-24-22-20-18-16-14-12-10-8-6-4-2;1-2-3-4-5-6;;;;;;;;;;;;;/h1-8,16,24,32H,9-15,17,27H2;1-2H;1H;13*1H/b;;2-1?,4-3+;;;;;;;;;;;;;/t24-;;;;;;;;;;;;;;;/m1.............../s1. The summed E-state index contributed by atoms with van der Waals surface area (Å²) in [5.41, 5.74) is 18.6. The number of nitrogens with one attached hydrogen (secondary N) is 1. The zero-order valence-corrected chi connectivity index (χ0v) is 34.1. The molecule has 1 aliphatic carbocycles. The Morgan fingerprint density at radius 3 is 1.66 bits per heavy atom. The van der Waals surface area contributed by atoms with Crippen molar-refractivity contribution < 1.29 is 23.7 Å². The normalized spacial score (nSPS) is 12.9. The van der Waals surface area contributed by atoms with Crippen molar-refractivity contribution in [1.29, 1.82) is 5.53 Å². The van der Waals surface area contributed by atoms with Crippen molar-refractivity contribution in [2.45, 2.75) is 38.3 Å². The van der Waals surface area contributed by atoms with E-state index in [0.29, 0.717) is 5.69 Å². The van der Waals surface area contributed by atoms with Crippen LogP contribution in [0.25, 0.3) is 0 Å².